The highest BCUT2D eigenvalue weighted by Crippen LogP contribution is 2.25. The Morgan fingerprint density at radius 1 is 1.30 bits per heavy atom. The fraction of sp³-hybridized carbons (Fsp3) is 0.625. The van der Waals surface area contributed by atoms with E-state index in [1.54, 1.807) is 12.1 Å². The molecule has 1 aliphatic rings. The number of nitrogens with one attached hydrogen (secondary N) is 1. The Morgan fingerprint density at radius 3 is 2.70 bits per heavy atom. The number of nitrogens with zero attached hydrogens (tertiary/aromatic N) is 1. The molecule has 0 saturated heterocycles. The lowest BCUT2D eigenvalue weighted by Crippen LogP contribution is -2.25. The monoisotopic (exact) mass is 296 g/mol. The molecule has 0 amide bonds. The van der Waals surface area contributed by atoms with E-state index >= 15 is 0 Å². The second-order valence-corrected chi connectivity index (χ2v) is 6.42. The summed E-state index contributed by atoms with van der Waals surface area (Å²) in [6.45, 7) is 8.45. The van der Waals surface area contributed by atoms with Crippen molar-refractivity contribution >= 4 is 11.8 Å². The van der Waals surface area contributed by atoms with Gasteiger partial charge in [0.15, 0.2) is 0 Å². The van der Waals surface area contributed by atoms with Crippen LogP contribution in [0.1, 0.15) is 32.3 Å². The summed E-state index contributed by atoms with van der Waals surface area (Å²) in [7, 11) is 0. The van der Waals surface area contributed by atoms with Gasteiger partial charge in [0.1, 0.15) is 5.82 Å². The smallest absolute Gasteiger partial charge is 0.123 e. The van der Waals surface area contributed by atoms with Crippen LogP contribution in [0.15, 0.2) is 23.1 Å². The van der Waals surface area contributed by atoms with E-state index in [0.29, 0.717) is 6.04 Å². The molecule has 0 heterocycles. The summed E-state index contributed by atoms with van der Waals surface area (Å²) in [5.41, 5.74) is 1.10. The van der Waals surface area contributed by atoms with Crippen molar-refractivity contribution in [3.05, 3.63) is 29.6 Å². The molecular formula is C16H25FN2S. The molecule has 1 aromatic rings. The van der Waals surface area contributed by atoms with E-state index in [9.17, 15) is 4.39 Å². The van der Waals surface area contributed by atoms with Crippen LogP contribution in [0.3, 0.4) is 0 Å². The summed E-state index contributed by atoms with van der Waals surface area (Å²) in [6, 6.07) is 5.83. The van der Waals surface area contributed by atoms with Crippen molar-refractivity contribution in [2.24, 2.45) is 0 Å². The van der Waals surface area contributed by atoms with Gasteiger partial charge in [-0.2, -0.15) is 0 Å². The van der Waals surface area contributed by atoms with Gasteiger partial charge in [-0.15, -0.1) is 11.8 Å². The Labute approximate surface area is 126 Å². The minimum Gasteiger partial charge on any atom is -0.310 e. The fourth-order valence-corrected chi connectivity index (χ4v) is 3.24. The molecule has 1 aliphatic carbocycles. The highest BCUT2D eigenvalue weighted by molar-refractivity contribution is 7.99. The SMILES string of the molecule is CCN(CC)CCSc1ccc(F)cc1CNC1CC1. The number of hydrogen-bond donors (Lipinski definition) is 1. The lowest BCUT2D eigenvalue weighted by Gasteiger charge is -2.18. The van der Waals surface area contributed by atoms with Gasteiger partial charge in [0.05, 0.1) is 0 Å². The molecule has 1 fully saturated rings. The van der Waals surface area contributed by atoms with Crippen LogP contribution in [0, 0.1) is 5.82 Å². The van der Waals surface area contributed by atoms with Crippen molar-refractivity contribution in [2.75, 3.05) is 25.4 Å². The molecule has 2 nitrogen and oxygen atoms in total. The van der Waals surface area contributed by atoms with E-state index < -0.39 is 0 Å². The normalized spacial score (nSPS) is 15.0. The van der Waals surface area contributed by atoms with Crippen molar-refractivity contribution < 1.29 is 4.39 Å². The zero-order chi connectivity index (χ0) is 14.4. The van der Waals surface area contributed by atoms with E-state index in [2.05, 4.69) is 24.1 Å². The van der Waals surface area contributed by atoms with Crippen molar-refractivity contribution in [1.29, 1.82) is 0 Å². The molecule has 0 aromatic heterocycles. The van der Waals surface area contributed by atoms with Crippen LogP contribution in [-0.2, 0) is 6.54 Å². The van der Waals surface area contributed by atoms with E-state index in [1.165, 1.54) is 17.7 Å². The standard InChI is InChI=1S/C16H25FN2S/c1-3-19(4-2)9-10-20-16-8-5-14(17)11-13(16)12-18-15-6-7-15/h5,8,11,15,18H,3-4,6-7,9-10,12H2,1-2H3. The predicted octanol–water partition coefficient (Wildman–Crippen LogP) is 3.51. The number of benzene rings is 1. The van der Waals surface area contributed by atoms with Crippen LogP contribution in [0.4, 0.5) is 4.39 Å². The molecule has 0 aliphatic heterocycles. The average molecular weight is 296 g/mol. The number of thioether (sulfide) groups is 1. The second-order valence-electron chi connectivity index (χ2n) is 5.28. The Morgan fingerprint density at radius 2 is 2.05 bits per heavy atom. The van der Waals surface area contributed by atoms with Gasteiger partial charge in [0, 0.05) is 29.8 Å². The first-order chi connectivity index (χ1) is 9.72. The molecular weight excluding hydrogens is 271 g/mol. The number of hydrogen-bond acceptors (Lipinski definition) is 3. The summed E-state index contributed by atoms with van der Waals surface area (Å²) < 4.78 is 13.4. The van der Waals surface area contributed by atoms with Gasteiger partial charge in [-0.25, -0.2) is 4.39 Å². The highest BCUT2D eigenvalue weighted by Gasteiger charge is 2.20. The van der Waals surface area contributed by atoms with Gasteiger partial charge in [0.25, 0.3) is 0 Å². The Hall–Kier alpha value is -0.580. The summed E-state index contributed by atoms with van der Waals surface area (Å²) in [5.74, 6) is 0.926. The molecule has 4 heteroatoms. The molecule has 0 unspecified atom stereocenters. The largest absolute Gasteiger partial charge is 0.310 e. The molecule has 2 rings (SSSR count). The molecule has 112 valence electrons. The van der Waals surface area contributed by atoms with Crippen LogP contribution < -0.4 is 5.32 Å². The van der Waals surface area contributed by atoms with Crippen LogP contribution in [0.5, 0.6) is 0 Å². The first-order valence-electron chi connectivity index (χ1n) is 7.59. The summed E-state index contributed by atoms with van der Waals surface area (Å²) in [5, 5.41) is 3.47. The van der Waals surface area contributed by atoms with Gasteiger partial charge < -0.3 is 10.2 Å². The molecule has 0 spiro atoms. The van der Waals surface area contributed by atoms with Crippen LogP contribution >= 0.6 is 11.8 Å². The lowest BCUT2D eigenvalue weighted by molar-refractivity contribution is 0.324. The third kappa shape index (κ3) is 5.08. The van der Waals surface area contributed by atoms with Crippen molar-refractivity contribution in [2.45, 2.75) is 44.2 Å². The Balaban J connectivity index is 1.87. The van der Waals surface area contributed by atoms with Gasteiger partial charge >= 0.3 is 0 Å². The van der Waals surface area contributed by atoms with Crippen LogP contribution in [0.25, 0.3) is 0 Å². The Bertz CT molecular complexity index is 417. The van der Waals surface area contributed by atoms with E-state index in [-0.39, 0.29) is 5.82 Å². The zero-order valence-electron chi connectivity index (χ0n) is 12.5. The van der Waals surface area contributed by atoms with Gasteiger partial charge in [-0.3, -0.25) is 0 Å². The summed E-state index contributed by atoms with van der Waals surface area (Å²) in [4.78, 5) is 3.63. The quantitative estimate of drug-likeness (QED) is 0.702. The van der Waals surface area contributed by atoms with Gasteiger partial charge in [-0.1, -0.05) is 13.8 Å². The van der Waals surface area contributed by atoms with Crippen molar-refractivity contribution in [3.8, 4) is 0 Å². The minimum atomic E-state index is -0.134. The third-order valence-electron chi connectivity index (χ3n) is 3.74. The minimum absolute atomic E-state index is 0.134. The molecule has 0 radical (unpaired) electrons. The maximum Gasteiger partial charge on any atom is 0.123 e. The highest BCUT2D eigenvalue weighted by atomic mass is 32.2. The molecule has 1 saturated carbocycles. The van der Waals surface area contributed by atoms with E-state index in [1.807, 2.05) is 17.8 Å². The van der Waals surface area contributed by atoms with E-state index in [4.69, 9.17) is 0 Å². The maximum atomic E-state index is 13.4. The molecule has 0 bridgehead atoms. The van der Waals surface area contributed by atoms with Crippen LogP contribution in [-0.4, -0.2) is 36.3 Å². The topological polar surface area (TPSA) is 15.3 Å². The van der Waals surface area contributed by atoms with Crippen molar-refractivity contribution in [3.63, 3.8) is 0 Å². The zero-order valence-corrected chi connectivity index (χ0v) is 13.3. The maximum absolute atomic E-state index is 13.4. The van der Waals surface area contributed by atoms with Gasteiger partial charge in [0.2, 0.25) is 0 Å². The molecule has 1 aromatic carbocycles. The summed E-state index contributed by atoms with van der Waals surface area (Å²) in [6.07, 6.45) is 2.53. The summed E-state index contributed by atoms with van der Waals surface area (Å²) >= 11 is 1.84. The number of rotatable bonds is 9. The third-order valence-corrected chi connectivity index (χ3v) is 4.84. The van der Waals surface area contributed by atoms with Gasteiger partial charge in [-0.05, 0) is 49.7 Å². The first-order valence-corrected chi connectivity index (χ1v) is 8.58. The first kappa shape index (κ1) is 15.8. The number of halogens is 1. The molecule has 20 heavy (non-hydrogen) atoms. The lowest BCUT2D eigenvalue weighted by atomic mass is 10.2. The van der Waals surface area contributed by atoms with Crippen molar-refractivity contribution in [1.82, 2.24) is 10.2 Å². The fourth-order valence-electron chi connectivity index (χ4n) is 2.19. The Kier molecular flexibility index (Phi) is 6.33. The molecule has 1 N–H and O–H groups in total. The predicted molar refractivity (Wildman–Crippen MR) is 84.8 cm³/mol. The van der Waals surface area contributed by atoms with Crippen LogP contribution in [0.2, 0.25) is 0 Å². The second kappa shape index (κ2) is 8.01. The van der Waals surface area contributed by atoms with E-state index in [0.717, 1.165) is 37.5 Å². The molecule has 0 atom stereocenters. The average Bonchev–Trinajstić information content (AvgIpc) is 3.27.